The minimum atomic E-state index is -0.0808. The van der Waals surface area contributed by atoms with Crippen LogP contribution in [0, 0.1) is 37.5 Å². The summed E-state index contributed by atoms with van der Waals surface area (Å²) in [4.78, 5) is 27.2. The summed E-state index contributed by atoms with van der Waals surface area (Å²) in [6, 6.07) is 13.3. The molecule has 1 heterocycles. The van der Waals surface area contributed by atoms with E-state index >= 15 is 0 Å². The average molecular weight is 361 g/mol. The summed E-state index contributed by atoms with van der Waals surface area (Å²) in [7, 11) is 0. The van der Waals surface area contributed by atoms with Crippen molar-refractivity contribution >= 4 is 17.5 Å². The first-order valence-corrected chi connectivity index (χ1v) is 9.76. The maximum Gasteiger partial charge on any atom is 0.237 e. The van der Waals surface area contributed by atoms with Gasteiger partial charge in [0.25, 0.3) is 0 Å². The molecule has 27 heavy (non-hydrogen) atoms. The van der Waals surface area contributed by atoms with Crippen molar-refractivity contribution in [3.05, 3.63) is 53.6 Å². The van der Waals surface area contributed by atoms with Crippen molar-refractivity contribution in [1.29, 1.82) is 0 Å². The van der Waals surface area contributed by atoms with Crippen LogP contribution in [0.3, 0.4) is 0 Å². The Balaban J connectivity index is 1.37. The molecule has 2 aliphatic carbocycles. The Morgan fingerprint density at radius 3 is 2.00 bits per heavy atom. The summed E-state index contributed by atoms with van der Waals surface area (Å²) < 4.78 is 5.92. The molecule has 138 valence electrons. The molecule has 2 amide bonds. The van der Waals surface area contributed by atoms with Crippen molar-refractivity contribution in [3.8, 4) is 11.5 Å². The number of aryl methyl sites for hydroxylation is 2. The number of carbonyl (C=O) groups is 2. The van der Waals surface area contributed by atoms with E-state index in [1.165, 1.54) is 16.0 Å². The summed E-state index contributed by atoms with van der Waals surface area (Å²) in [6.45, 7) is 4.12. The molecule has 2 bridgehead atoms. The third kappa shape index (κ3) is 2.50. The number of anilines is 1. The smallest absolute Gasteiger partial charge is 0.237 e. The molecule has 3 aliphatic rings. The molecule has 0 aromatic heterocycles. The number of hydrogen-bond donors (Lipinski definition) is 0. The molecule has 0 radical (unpaired) electrons. The van der Waals surface area contributed by atoms with Gasteiger partial charge in [0, 0.05) is 0 Å². The first-order valence-electron chi connectivity index (χ1n) is 9.76. The number of benzene rings is 2. The van der Waals surface area contributed by atoms with E-state index < -0.39 is 0 Å². The van der Waals surface area contributed by atoms with Gasteiger partial charge < -0.3 is 4.74 Å². The van der Waals surface area contributed by atoms with Gasteiger partial charge in [0.1, 0.15) is 11.5 Å². The summed E-state index contributed by atoms with van der Waals surface area (Å²) in [5, 5.41) is 0. The van der Waals surface area contributed by atoms with Gasteiger partial charge in [0.2, 0.25) is 11.8 Å². The average Bonchev–Trinajstić information content (AvgIpc) is 3.33. The van der Waals surface area contributed by atoms with Crippen LogP contribution in [0.5, 0.6) is 11.5 Å². The fourth-order valence-electron chi connectivity index (χ4n) is 5.24. The zero-order chi connectivity index (χ0) is 18.7. The Labute approximate surface area is 159 Å². The molecular weight excluding hydrogens is 338 g/mol. The van der Waals surface area contributed by atoms with Crippen LogP contribution in [0.1, 0.15) is 30.4 Å². The van der Waals surface area contributed by atoms with E-state index in [1.54, 1.807) is 0 Å². The van der Waals surface area contributed by atoms with Crippen LogP contribution in [0.25, 0.3) is 0 Å². The minimum Gasteiger partial charge on any atom is -0.457 e. The predicted octanol–water partition coefficient (Wildman–Crippen LogP) is 4.63. The van der Waals surface area contributed by atoms with Crippen molar-refractivity contribution in [1.82, 2.24) is 0 Å². The zero-order valence-corrected chi connectivity index (χ0v) is 15.6. The second-order valence-corrected chi connectivity index (χ2v) is 8.24. The fourth-order valence-corrected chi connectivity index (χ4v) is 5.24. The van der Waals surface area contributed by atoms with Crippen LogP contribution in [0.2, 0.25) is 0 Å². The van der Waals surface area contributed by atoms with Crippen LogP contribution < -0.4 is 9.64 Å². The van der Waals surface area contributed by atoms with Crippen LogP contribution in [-0.4, -0.2) is 11.8 Å². The Morgan fingerprint density at radius 2 is 1.41 bits per heavy atom. The van der Waals surface area contributed by atoms with Crippen LogP contribution >= 0.6 is 0 Å². The Bertz CT molecular complexity index is 905. The SMILES string of the molecule is Cc1ccc(Oc2ccc(N3C(=O)[C@H]4[C@@H]5CC[C@@H](C5)[C@@H]4C3=O)cc2)cc1C. The maximum atomic E-state index is 12.9. The van der Waals surface area contributed by atoms with Crippen molar-refractivity contribution in [3.63, 3.8) is 0 Å². The third-order valence-electron chi connectivity index (χ3n) is 6.74. The second kappa shape index (κ2) is 5.95. The normalized spacial score (nSPS) is 28.7. The van der Waals surface area contributed by atoms with E-state index in [0.717, 1.165) is 25.0 Å². The first kappa shape index (κ1) is 16.5. The predicted molar refractivity (Wildman–Crippen MR) is 103 cm³/mol. The molecule has 0 spiro atoms. The molecule has 4 nitrogen and oxygen atoms in total. The quantitative estimate of drug-likeness (QED) is 0.749. The number of amides is 2. The van der Waals surface area contributed by atoms with Gasteiger partial charge in [-0.05, 0) is 92.5 Å². The number of nitrogens with zero attached hydrogens (tertiary/aromatic N) is 1. The number of fused-ring (bicyclic) bond motifs is 5. The van der Waals surface area contributed by atoms with E-state index in [9.17, 15) is 9.59 Å². The minimum absolute atomic E-state index is 0.0000257. The first-order chi connectivity index (χ1) is 13.0. The summed E-state index contributed by atoms with van der Waals surface area (Å²) >= 11 is 0. The van der Waals surface area contributed by atoms with Crippen LogP contribution in [0.4, 0.5) is 5.69 Å². The highest BCUT2D eigenvalue weighted by molar-refractivity contribution is 6.22. The van der Waals surface area contributed by atoms with Gasteiger partial charge in [-0.15, -0.1) is 0 Å². The topological polar surface area (TPSA) is 46.6 Å². The monoisotopic (exact) mass is 361 g/mol. The van der Waals surface area contributed by atoms with Crippen molar-refractivity contribution in [2.75, 3.05) is 4.90 Å². The lowest BCUT2D eigenvalue weighted by Crippen LogP contribution is -2.32. The number of ether oxygens (including phenoxy) is 1. The lowest BCUT2D eigenvalue weighted by atomic mass is 9.81. The summed E-state index contributed by atoms with van der Waals surface area (Å²) in [5.41, 5.74) is 3.06. The molecule has 2 aromatic carbocycles. The molecule has 4 atom stereocenters. The third-order valence-corrected chi connectivity index (χ3v) is 6.74. The zero-order valence-electron chi connectivity index (χ0n) is 15.6. The number of rotatable bonds is 3. The molecule has 3 fully saturated rings. The highest BCUT2D eigenvalue weighted by Gasteiger charge is 2.61. The Kier molecular flexibility index (Phi) is 3.64. The largest absolute Gasteiger partial charge is 0.457 e. The number of hydrogen-bond acceptors (Lipinski definition) is 3. The van der Waals surface area contributed by atoms with E-state index in [1.807, 2.05) is 42.5 Å². The molecule has 0 unspecified atom stereocenters. The highest BCUT2D eigenvalue weighted by Crippen LogP contribution is 2.56. The van der Waals surface area contributed by atoms with Crippen molar-refractivity contribution < 1.29 is 14.3 Å². The summed E-state index contributed by atoms with van der Waals surface area (Å²) in [6.07, 6.45) is 3.26. The molecule has 4 heteroatoms. The van der Waals surface area contributed by atoms with E-state index in [-0.39, 0.29) is 23.7 Å². The van der Waals surface area contributed by atoms with Crippen LogP contribution in [-0.2, 0) is 9.59 Å². The maximum absolute atomic E-state index is 12.9. The van der Waals surface area contributed by atoms with Crippen LogP contribution in [0.15, 0.2) is 42.5 Å². The lowest BCUT2D eigenvalue weighted by Gasteiger charge is -2.19. The van der Waals surface area contributed by atoms with Gasteiger partial charge in [-0.25, -0.2) is 0 Å². The van der Waals surface area contributed by atoms with Gasteiger partial charge in [-0.1, -0.05) is 6.07 Å². The molecule has 0 N–H and O–H groups in total. The summed E-state index contributed by atoms with van der Waals surface area (Å²) in [5.74, 6) is 2.14. The van der Waals surface area contributed by atoms with Gasteiger partial charge >= 0.3 is 0 Å². The van der Waals surface area contributed by atoms with Crippen molar-refractivity contribution in [2.45, 2.75) is 33.1 Å². The van der Waals surface area contributed by atoms with Gasteiger partial charge in [-0.3, -0.25) is 14.5 Å². The number of carbonyl (C=O) groups excluding carboxylic acids is 2. The van der Waals surface area contributed by atoms with E-state index in [2.05, 4.69) is 13.8 Å². The molecule has 5 rings (SSSR count). The van der Waals surface area contributed by atoms with Gasteiger partial charge in [0.15, 0.2) is 0 Å². The van der Waals surface area contributed by atoms with Gasteiger partial charge in [0.05, 0.1) is 17.5 Å². The van der Waals surface area contributed by atoms with Crippen molar-refractivity contribution in [2.24, 2.45) is 23.7 Å². The van der Waals surface area contributed by atoms with E-state index in [4.69, 9.17) is 4.74 Å². The van der Waals surface area contributed by atoms with E-state index in [0.29, 0.717) is 23.3 Å². The molecule has 1 aliphatic heterocycles. The molecule has 2 saturated carbocycles. The Morgan fingerprint density at radius 1 is 0.815 bits per heavy atom. The highest BCUT2D eigenvalue weighted by atomic mass is 16.5. The molecular formula is C23H23NO3. The van der Waals surface area contributed by atoms with Gasteiger partial charge in [-0.2, -0.15) is 0 Å². The molecule has 1 saturated heterocycles. The second-order valence-electron chi connectivity index (χ2n) is 8.24. The fraction of sp³-hybridized carbons (Fsp3) is 0.391. The lowest BCUT2D eigenvalue weighted by molar-refractivity contribution is -0.123. The molecule has 2 aromatic rings. The Hall–Kier alpha value is -2.62. The standard InChI is InChI=1S/C23H23NO3/c1-13-3-8-19(11-14(13)2)27-18-9-6-17(7-10-18)24-22(25)20-15-4-5-16(12-15)21(20)23(24)26/h3,6-11,15-16,20-21H,4-5,12H2,1-2H3/t15-,16+,20-,21-/m0/s1. The number of imide groups is 1.